The van der Waals surface area contributed by atoms with E-state index in [-0.39, 0.29) is 11.7 Å². The Hall–Kier alpha value is -3.15. The van der Waals surface area contributed by atoms with Crippen molar-refractivity contribution in [2.45, 2.75) is 27.2 Å². The fraction of sp³-hybridized carbons (Fsp3) is 0.211. The van der Waals surface area contributed by atoms with Gasteiger partial charge in [0.1, 0.15) is 11.5 Å². The molecule has 25 heavy (non-hydrogen) atoms. The van der Waals surface area contributed by atoms with Crippen molar-refractivity contribution < 1.29 is 9.59 Å². The number of carbonyl (C=O) groups is 2. The molecule has 0 radical (unpaired) electrons. The fourth-order valence-electron chi connectivity index (χ4n) is 2.59. The van der Waals surface area contributed by atoms with Crippen LogP contribution >= 0.6 is 0 Å². The maximum absolute atomic E-state index is 11.8. The summed E-state index contributed by atoms with van der Waals surface area (Å²) in [6.07, 6.45) is 5.56. The Morgan fingerprint density at radius 3 is 2.40 bits per heavy atom. The van der Waals surface area contributed by atoms with E-state index in [0.717, 1.165) is 27.6 Å². The molecule has 1 N–H and O–H groups in total. The van der Waals surface area contributed by atoms with E-state index in [1.807, 2.05) is 19.9 Å². The minimum Gasteiger partial charge on any atom is -0.311 e. The van der Waals surface area contributed by atoms with Crippen LogP contribution in [0.15, 0.2) is 36.8 Å². The van der Waals surface area contributed by atoms with Gasteiger partial charge in [0.05, 0.1) is 5.69 Å². The number of nitrogens with zero attached hydrogens (tertiary/aromatic N) is 3. The van der Waals surface area contributed by atoms with E-state index in [0.29, 0.717) is 17.9 Å². The van der Waals surface area contributed by atoms with E-state index in [2.05, 4.69) is 20.3 Å². The molecule has 3 aromatic heterocycles. The zero-order chi connectivity index (χ0) is 18.0. The van der Waals surface area contributed by atoms with Crippen molar-refractivity contribution in [2.75, 3.05) is 5.32 Å². The average Bonchev–Trinajstić information content (AvgIpc) is 2.60. The molecule has 126 valence electrons. The molecule has 0 aliphatic rings. The van der Waals surface area contributed by atoms with Gasteiger partial charge in [0.25, 0.3) is 0 Å². The first kappa shape index (κ1) is 16.7. The second-order valence-electron chi connectivity index (χ2n) is 5.83. The number of nitrogens with one attached hydrogen (secondary N) is 1. The van der Waals surface area contributed by atoms with Crippen LogP contribution in [0.3, 0.4) is 0 Å². The molecule has 0 bridgehead atoms. The number of Topliss-reactive ketones (excluding diaryl/α,β-unsaturated/α-hetero) is 1. The lowest BCUT2D eigenvalue weighted by Crippen LogP contribution is -2.07. The number of aromatic nitrogens is 3. The van der Waals surface area contributed by atoms with Crippen molar-refractivity contribution in [3.63, 3.8) is 0 Å². The SMILES string of the molecule is CCC(=O)c1cc(C)c(-c2cc3cnc(NC(C)=O)cc3cn2)cn1. The molecule has 6 nitrogen and oxygen atoms in total. The maximum atomic E-state index is 11.8. The summed E-state index contributed by atoms with van der Waals surface area (Å²) in [7, 11) is 0. The van der Waals surface area contributed by atoms with Crippen molar-refractivity contribution in [1.82, 2.24) is 15.0 Å². The molecule has 0 aliphatic carbocycles. The first-order valence-corrected chi connectivity index (χ1v) is 8.01. The first-order valence-electron chi connectivity index (χ1n) is 8.01. The molecule has 0 unspecified atom stereocenters. The molecule has 1 amide bonds. The molecule has 0 aromatic carbocycles. The minimum absolute atomic E-state index is 0.0239. The van der Waals surface area contributed by atoms with Crippen LogP contribution in [0.1, 0.15) is 36.3 Å². The quantitative estimate of drug-likeness (QED) is 0.738. The number of pyridine rings is 3. The number of rotatable bonds is 4. The lowest BCUT2D eigenvalue weighted by atomic mass is 10.0. The summed E-state index contributed by atoms with van der Waals surface area (Å²) < 4.78 is 0. The van der Waals surface area contributed by atoms with Crippen LogP contribution in [0.2, 0.25) is 0 Å². The van der Waals surface area contributed by atoms with E-state index in [4.69, 9.17) is 0 Å². The number of amides is 1. The smallest absolute Gasteiger partial charge is 0.222 e. The van der Waals surface area contributed by atoms with Gasteiger partial charge in [0.2, 0.25) is 5.91 Å². The van der Waals surface area contributed by atoms with Gasteiger partial charge in [-0.3, -0.25) is 19.6 Å². The lowest BCUT2D eigenvalue weighted by Gasteiger charge is -2.08. The third-order valence-corrected chi connectivity index (χ3v) is 3.90. The Morgan fingerprint density at radius 2 is 1.72 bits per heavy atom. The van der Waals surface area contributed by atoms with E-state index in [1.165, 1.54) is 6.92 Å². The number of carbonyl (C=O) groups excluding carboxylic acids is 2. The molecule has 0 fully saturated rings. The Balaban J connectivity index is 1.99. The van der Waals surface area contributed by atoms with Crippen molar-refractivity contribution >= 4 is 28.3 Å². The number of anilines is 1. The highest BCUT2D eigenvalue weighted by molar-refractivity contribution is 5.95. The second kappa shape index (κ2) is 6.76. The number of hydrogen-bond donors (Lipinski definition) is 1. The molecule has 6 heteroatoms. The van der Waals surface area contributed by atoms with Crippen LogP contribution < -0.4 is 5.32 Å². The van der Waals surface area contributed by atoms with Crippen molar-refractivity contribution in [2.24, 2.45) is 0 Å². The van der Waals surface area contributed by atoms with Crippen LogP contribution in [0, 0.1) is 6.92 Å². The van der Waals surface area contributed by atoms with Crippen LogP contribution in [-0.4, -0.2) is 26.6 Å². The lowest BCUT2D eigenvalue weighted by molar-refractivity contribution is -0.114. The topological polar surface area (TPSA) is 84.8 Å². The predicted octanol–water partition coefficient (Wildman–Crippen LogP) is 3.55. The van der Waals surface area contributed by atoms with Gasteiger partial charge >= 0.3 is 0 Å². The maximum Gasteiger partial charge on any atom is 0.222 e. The largest absolute Gasteiger partial charge is 0.311 e. The fourth-order valence-corrected chi connectivity index (χ4v) is 2.59. The van der Waals surface area contributed by atoms with Gasteiger partial charge in [0.15, 0.2) is 5.78 Å². The summed E-state index contributed by atoms with van der Waals surface area (Å²) >= 11 is 0. The zero-order valence-electron chi connectivity index (χ0n) is 14.3. The Morgan fingerprint density at radius 1 is 1.00 bits per heavy atom. The van der Waals surface area contributed by atoms with Crippen LogP contribution in [-0.2, 0) is 4.79 Å². The zero-order valence-corrected chi connectivity index (χ0v) is 14.3. The normalized spacial score (nSPS) is 10.7. The molecule has 3 rings (SSSR count). The number of ketones is 1. The third kappa shape index (κ3) is 3.52. The van der Waals surface area contributed by atoms with Crippen LogP contribution in [0.5, 0.6) is 0 Å². The van der Waals surface area contributed by atoms with Crippen LogP contribution in [0.4, 0.5) is 5.82 Å². The minimum atomic E-state index is -0.167. The highest BCUT2D eigenvalue weighted by Crippen LogP contribution is 2.25. The van der Waals surface area contributed by atoms with Gasteiger partial charge in [-0.2, -0.15) is 0 Å². The third-order valence-electron chi connectivity index (χ3n) is 3.90. The summed E-state index contributed by atoms with van der Waals surface area (Å²) in [5.41, 5.74) is 3.06. The summed E-state index contributed by atoms with van der Waals surface area (Å²) in [5.74, 6) is 0.352. The monoisotopic (exact) mass is 334 g/mol. The average molecular weight is 334 g/mol. The number of hydrogen-bond acceptors (Lipinski definition) is 5. The standard InChI is InChI=1S/C19H18N4O2/c1-4-18(25)17-5-11(2)15(10-21-17)16-6-13-9-22-19(23-12(3)24)7-14(13)8-20-16/h5-10H,4H2,1-3H3,(H,22,23,24). The van der Waals surface area contributed by atoms with Crippen LogP contribution in [0.25, 0.3) is 22.0 Å². The Labute approximate surface area is 145 Å². The van der Waals surface area contributed by atoms with Crippen molar-refractivity contribution in [3.05, 3.63) is 48.0 Å². The Kier molecular flexibility index (Phi) is 4.52. The van der Waals surface area contributed by atoms with Gasteiger partial charge in [0, 0.05) is 48.3 Å². The van der Waals surface area contributed by atoms with Crippen molar-refractivity contribution in [1.29, 1.82) is 0 Å². The first-order chi connectivity index (χ1) is 12.0. The highest BCUT2D eigenvalue weighted by atomic mass is 16.1. The molecular formula is C19H18N4O2. The van der Waals surface area contributed by atoms with E-state index < -0.39 is 0 Å². The van der Waals surface area contributed by atoms with Gasteiger partial charge < -0.3 is 5.32 Å². The molecule has 3 aromatic rings. The molecule has 0 atom stereocenters. The number of fused-ring (bicyclic) bond motifs is 1. The summed E-state index contributed by atoms with van der Waals surface area (Å²) in [6.45, 7) is 5.20. The Bertz CT molecular complexity index is 982. The predicted molar refractivity (Wildman–Crippen MR) is 96.4 cm³/mol. The summed E-state index contributed by atoms with van der Waals surface area (Å²) in [6, 6.07) is 5.50. The molecule has 3 heterocycles. The van der Waals surface area contributed by atoms with E-state index in [9.17, 15) is 9.59 Å². The highest BCUT2D eigenvalue weighted by Gasteiger charge is 2.10. The van der Waals surface area contributed by atoms with E-state index >= 15 is 0 Å². The summed E-state index contributed by atoms with van der Waals surface area (Å²) in [5, 5.41) is 4.44. The van der Waals surface area contributed by atoms with Gasteiger partial charge in [-0.05, 0) is 30.7 Å². The van der Waals surface area contributed by atoms with E-state index in [1.54, 1.807) is 30.7 Å². The van der Waals surface area contributed by atoms with Crippen molar-refractivity contribution in [3.8, 4) is 11.3 Å². The van der Waals surface area contributed by atoms with Gasteiger partial charge in [-0.25, -0.2) is 4.98 Å². The molecule has 0 saturated carbocycles. The molecule has 0 saturated heterocycles. The molecule has 0 aliphatic heterocycles. The van der Waals surface area contributed by atoms with Gasteiger partial charge in [-0.1, -0.05) is 6.92 Å². The number of aryl methyl sites for hydroxylation is 1. The second-order valence-corrected chi connectivity index (χ2v) is 5.83. The molecular weight excluding hydrogens is 316 g/mol. The molecule has 0 spiro atoms. The van der Waals surface area contributed by atoms with Gasteiger partial charge in [-0.15, -0.1) is 0 Å². The summed E-state index contributed by atoms with van der Waals surface area (Å²) in [4.78, 5) is 35.9.